The number of carbonyl (C=O) groups is 1. The fourth-order valence-corrected chi connectivity index (χ4v) is 0.219. The number of nitrogens with zero attached hydrogens (tertiary/aromatic N) is 2. The van der Waals surface area contributed by atoms with Crippen LogP contribution in [0.4, 0.5) is 4.39 Å². The second-order valence-corrected chi connectivity index (χ2v) is 1.72. The molecule has 0 aliphatic carbocycles. The number of carboxylic acid groups (broad SMARTS) is 1. The van der Waals surface area contributed by atoms with Gasteiger partial charge in [-0.05, 0) is 0 Å². The summed E-state index contributed by atoms with van der Waals surface area (Å²) in [6.07, 6.45) is 0. The minimum Gasteiger partial charge on any atom is -0.481 e. The number of aliphatic carboxylic acids is 1. The van der Waals surface area contributed by atoms with Crippen molar-refractivity contribution < 1.29 is 19.1 Å². The van der Waals surface area contributed by atoms with Crippen LogP contribution in [0.3, 0.4) is 0 Å². The Labute approximate surface area is 79.1 Å². The minimum absolute atomic E-state index is 0.433. The Morgan fingerprint density at radius 1 is 1.86 bits per heavy atom. The van der Waals surface area contributed by atoms with E-state index in [0.29, 0.717) is 0 Å². The van der Waals surface area contributed by atoms with Crippen LogP contribution in [0.5, 0.6) is 0 Å². The molecular weight excluding hydrogens is 195 g/mol. The predicted molar refractivity (Wildman–Crippen MR) is 45.3 cm³/mol. The lowest BCUT2D eigenvalue weighted by atomic mass is 10.4. The maximum Gasteiger partial charge on any atom is 0.300 e. The second kappa shape index (κ2) is 8.92. The van der Waals surface area contributed by atoms with Gasteiger partial charge in [-0.3, -0.25) is 10.2 Å². The van der Waals surface area contributed by atoms with E-state index < -0.39 is 24.4 Å². The molecule has 0 atom stereocenters. The van der Waals surface area contributed by atoms with Crippen molar-refractivity contribution in [1.29, 1.82) is 10.7 Å². The van der Waals surface area contributed by atoms with E-state index in [2.05, 4.69) is 9.99 Å². The maximum atomic E-state index is 11.2. The molecular formula is C6H9FN4O3. The molecule has 0 fully saturated rings. The normalized spacial score (nSPS) is 9.07. The fraction of sp³-hybridized carbons (Fsp3) is 0.333. The zero-order valence-corrected chi connectivity index (χ0v) is 7.32. The van der Waals surface area contributed by atoms with E-state index in [0.717, 1.165) is 6.92 Å². The summed E-state index contributed by atoms with van der Waals surface area (Å²) < 4.78 is 11.2. The van der Waals surface area contributed by atoms with Gasteiger partial charge in [-0.2, -0.15) is 5.26 Å². The summed E-state index contributed by atoms with van der Waals surface area (Å²) in [5.41, 5.74) is 4.38. The first-order valence-corrected chi connectivity index (χ1v) is 3.15. The van der Waals surface area contributed by atoms with Gasteiger partial charge in [0.05, 0.1) is 0 Å². The molecule has 0 aromatic carbocycles. The van der Waals surface area contributed by atoms with Gasteiger partial charge in [-0.15, -0.1) is 0 Å². The van der Waals surface area contributed by atoms with Crippen LogP contribution in [0.15, 0.2) is 5.16 Å². The third kappa shape index (κ3) is 12.5. The molecule has 0 bridgehead atoms. The Balaban J connectivity index is 0. The lowest BCUT2D eigenvalue weighted by Crippen LogP contribution is -2.21. The van der Waals surface area contributed by atoms with Crippen molar-refractivity contribution in [3.05, 3.63) is 0 Å². The number of nitrogens with two attached hydrogens (primary N) is 1. The van der Waals surface area contributed by atoms with E-state index in [1.807, 2.05) is 0 Å². The number of hydrogen-bond acceptors (Lipinski definition) is 5. The topological polar surface area (TPSA) is 133 Å². The van der Waals surface area contributed by atoms with Gasteiger partial charge in [0, 0.05) is 6.92 Å². The summed E-state index contributed by atoms with van der Waals surface area (Å²) >= 11 is 0. The molecule has 0 aromatic rings. The lowest BCUT2D eigenvalue weighted by Gasteiger charge is -1.91. The summed E-state index contributed by atoms with van der Waals surface area (Å²) in [5.74, 6) is -1.38. The van der Waals surface area contributed by atoms with Crippen LogP contribution in [-0.2, 0) is 9.63 Å². The monoisotopic (exact) mass is 204 g/mol. The van der Waals surface area contributed by atoms with E-state index in [-0.39, 0.29) is 0 Å². The smallest absolute Gasteiger partial charge is 0.300 e. The second-order valence-electron chi connectivity index (χ2n) is 1.72. The number of carboxylic acids is 1. The zero-order chi connectivity index (χ0) is 11.6. The number of nitrogens with one attached hydrogen (secondary N) is 1. The molecule has 0 aromatic heterocycles. The quantitative estimate of drug-likeness (QED) is 0.333. The molecule has 7 nitrogen and oxygen atoms in total. The molecule has 0 spiro atoms. The summed E-state index contributed by atoms with van der Waals surface area (Å²) in [5, 5.41) is 25.1. The Hall–Kier alpha value is -2.17. The van der Waals surface area contributed by atoms with Crippen LogP contribution >= 0.6 is 0 Å². The summed E-state index contributed by atoms with van der Waals surface area (Å²) in [6, 6.07) is 1.45. The van der Waals surface area contributed by atoms with Crippen molar-refractivity contribution in [2.45, 2.75) is 6.92 Å². The van der Waals surface area contributed by atoms with Crippen molar-refractivity contribution in [2.75, 3.05) is 6.86 Å². The van der Waals surface area contributed by atoms with Crippen molar-refractivity contribution in [3.63, 3.8) is 0 Å². The van der Waals surface area contributed by atoms with Crippen molar-refractivity contribution in [3.8, 4) is 6.07 Å². The largest absolute Gasteiger partial charge is 0.481 e. The Bertz CT molecular complexity index is 267. The number of halogens is 1. The van der Waals surface area contributed by atoms with E-state index in [1.165, 1.54) is 6.07 Å². The molecule has 0 radical (unpaired) electrons. The van der Waals surface area contributed by atoms with Crippen molar-refractivity contribution in [2.24, 2.45) is 10.9 Å². The van der Waals surface area contributed by atoms with Crippen molar-refractivity contribution >= 4 is 17.5 Å². The van der Waals surface area contributed by atoms with Crippen LogP contribution in [0.2, 0.25) is 0 Å². The molecule has 8 heteroatoms. The number of oxime groups is 1. The predicted octanol–water partition coefficient (Wildman–Crippen LogP) is -0.164. The molecule has 0 heterocycles. The van der Waals surface area contributed by atoms with E-state index >= 15 is 0 Å². The average Bonchev–Trinajstić information content (AvgIpc) is 2.04. The molecule has 78 valence electrons. The molecule has 0 amide bonds. The molecule has 0 aliphatic heterocycles. The SMILES string of the molecule is CC(=O)O.N#CC(=NOCF)C(=N)N. The van der Waals surface area contributed by atoms with Gasteiger partial charge in [0.25, 0.3) is 12.8 Å². The zero-order valence-electron chi connectivity index (χ0n) is 7.32. The highest BCUT2D eigenvalue weighted by Crippen LogP contribution is 1.80. The number of amidine groups is 1. The average molecular weight is 204 g/mol. The lowest BCUT2D eigenvalue weighted by molar-refractivity contribution is -0.134. The Kier molecular flexibility index (Phi) is 9.15. The molecule has 4 N–H and O–H groups in total. The fourth-order valence-electron chi connectivity index (χ4n) is 0.219. The first-order valence-electron chi connectivity index (χ1n) is 3.15. The van der Waals surface area contributed by atoms with Gasteiger partial charge >= 0.3 is 0 Å². The highest BCUT2D eigenvalue weighted by Gasteiger charge is 2.00. The summed E-state index contributed by atoms with van der Waals surface area (Å²) in [6.45, 7) is -0.0571. The van der Waals surface area contributed by atoms with Crippen LogP contribution in [0.25, 0.3) is 0 Å². The van der Waals surface area contributed by atoms with E-state index in [4.69, 9.17) is 26.3 Å². The van der Waals surface area contributed by atoms with Crippen molar-refractivity contribution in [1.82, 2.24) is 0 Å². The summed E-state index contributed by atoms with van der Waals surface area (Å²) in [7, 11) is 0. The molecule has 0 saturated heterocycles. The van der Waals surface area contributed by atoms with E-state index in [1.54, 1.807) is 0 Å². The number of nitriles is 1. The number of rotatable bonds is 3. The number of hydrogen-bond donors (Lipinski definition) is 3. The molecule has 0 aliphatic rings. The van der Waals surface area contributed by atoms with Crippen LogP contribution in [-0.4, -0.2) is 29.5 Å². The molecule has 0 rings (SSSR count). The highest BCUT2D eigenvalue weighted by molar-refractivity contribution is 6.45. The first kappa shape index (κ1) is 14.4. The number of alkyl halides is 1. The van der Waals surface area contributed by atoms with Gasteiger partial charge in [0.15, 0.2) is 5.84 Å². The third-order valence-corrected chi connectivity index (χ3v) is 0.566. The minimum atomic E-state index is -1.14. The van der Waals surface area contributed by atoms with Gasteiger partial charge in [-0.1, -0.05) is 5.16 Å². The molecule has 14 heavy (non-hydrogen) atoms. The van der Waals surface area contributed by atoms with Crippen LogP contribution in [0, 0.1) is 16.7 Å². The van der Waals surface area contributed by atoms with Gasteiger partial charge in [0.1, 0.15) is 6.07 Å². The summed E-state index contributed by atoms with van der Waals surface area (Å²) in [4.78, 5) is 12.8. The van der Waals surface area contributed by atoms with Crippen LogP contribution < -0.4 is 5.73 Å². The van der Waals surface area contributed by atoms with E-state index in [9.17, 15) is 4.39 Å². The van der Waals surface area contributed by atoms with Gasteiger partial charge in [0.2, 0.25) is 5.71 Å². The Morgan fingerprint density at radius 2 is 2.29 bits per heavy atom. The van der Waals surface area contributed by atoms with Crippen LogP contribution in [0.1, 0.15) is 6.92 Å². The standard InChI is InChI=1S/C4H5FN4O.C2H4O2/c5-2-10-9-3(1-6)4(7)8;1-2(3)4/h2H2,(H3,7,8);1H3,(H,3,4). The third-order valence-electron chi connectivity index (χ3n) is 0.566. The van der Waals surface area contributed by atoms with Gasteiger partial charge < -0.3 is 15.7 Å². The maximum absolute atomic E-state index is 11.2. The highest BCUT2D eigenvalue weighted by atomic mass is 19.1. The van der Waals surface area contributed by atoms with Gasteiger partial charge in [-0.25, -0.2) is 4.39 Å². The Morgan fingerprint density at radius 3 is 2.50 bits per heavy atom. The first-order chi connectivity index (χ1) is 6.45. The molecule has 0 saturated carbocycles. The molecule has 0 unspecified atom stereocenters.